The first kappa shape index (κ1) is 9.87. The molecular formula is C6H7F3N2. The molecule has 2 N–H and O–H groups in total. The van der Waals surface area contributed by atoms with E-state index in [1.165, 1.54) is 6.92 Å². The highest BCUT2D eigenvalue weighted by atomic mass is 19.4. The van der Waals surface area contributed by atoms with Crippen LogP contribution in [0.15, 0.2) is 12.2 Å². The zero-order valence-corrected chi connectivity index (χ0v) is 5.79. The highest BCUT2D eigenvalue weighted by Gasteiger charge is 2.31. The molecule has 11 heavy (non-hydrogen) atoms. The fourth-order valence-electron chi connectivity index (χ4n) is 0.303. The van der Waals surface area contributed by atoms with E-state index in [-0.39, 0.29) is 5.71 Å². The quantitative estimate of drug-likeness (QED) is 0.587. The molecule has 0 spiro atoms. The van der Waals surface area contributed by atoms with Gasteiger partial charge in [0.2, 0.25) is 0 Å². The van der Waals surface area contributed by atoms with Crippen molar-refractivity contribution in [3.63, 3.8) is 0 Å². The third-order valence-electron chi connectivity index (χ3n) is 0.805. The highest BCUT2D eigenvalue weighted by Crippen LogP contribution is 2.16. The van der Waals surface area contributed by atoms with Crippen LogP contribution in [0.25, 0.3) is 0 Å². The second kappa shape index (κ2) is 3.32. The second-order valence-electron chi connectivity index (χ2n) is 1.93. The Kier molecular flexibility index (Phi) is 2.98. The van der Waals surface area contributed by atoms with Gasteiger partial charge in [-0.25, -0.2) is 0 Å². The van der Waals surface area contributed by atoms with E-state index in [2.05, 4.69) is 0 Å². The summed E-state index contributed by atoms with van der Waals surface area (Å²) >= 11 is 0. The van der Waals surface area contributed by atoms with Crippen LogP contribution in [0, 0.1) is 10.8 Å². The van der Waals surface area contributed by atoms with Gasteiger partial charge in [0.1, 0.15) is 5.71 Å². The third-order valence-corrected chi connectivity index (χ3v) is 0.805. The number of nitrogens with one attached hydrogen (secondary N) is 2. The molecule has 0 aliphatic rings. The second-order valence-corrected chi connectivity index (χ2v) is 1.93. The van der Waals surface area contributed by atoms with Gasteiger partial charge in [0, 0.05) is 5.71 Å². The minimum absolute atomic E-state index is 0.0148. The predicted octanol–water partition coefficient (Wildman–Crippen LogP) is 2.16. The number of rotatable bonds is 2. The molecule has 0 unspecified atom stereocenters. The van der Waals surface area contributed by atoms with Crippen molar-refractivity contribution >= 4 is 11.4 Å². The molecule has 0 aliphatic carbocycles. The van der Waals surface area contributed by atoms with Gasteiger partial charge in [-0.2, -0.15) is 13.2 Å². The fourth-order valence-corrected chi connectivity index (χ4v) is 0.303. The van der Waals surface area contributed by atoms with Gasteiger partial charge in [-0.05, 0) is 19.1 Å². The molecule has 0 aromatic rings. The summed E-state index contributed by atoms with van der Waals surface area (Å²) in [5.41, 5.74) is -1.46. The molecule has 0 radical (unpaired) electrons. The maximum Gasteiger partial charge on any atom is 0.432 e. The van der Waals surface area contributed by atoms with Crippen molar-refractivity contribution in [1.29, 1.82) is 10.8 Å². The molecule has 0 saturated carbocycles. The molecule has 0 amide bonds. The van der Waals surface area contributed by atoms with Crippen molar-refractivity contribution in [1.82, 2.24) is 0 Å². The SMILES string of the molecule is CC(=N)/C=C\C(=N)C(F)(F)F. The van der Waals surface area contributed by atoms with Gasteiger partial charge in [0.15, 0.2) is 0 Å². The van der Waals surface area contributed by atoms with E-state index in [1.807, 2.05) is 0 Å². The Morgan fingerprint density at radius 1 is 1.18 bits per heavy atom. The van der Waals surface area contributed by atoms with E-state index < -0.39 is 11.9 Å². The van der Waals surface area contributed by atoms with Gasteiger partial charge in [-0.1, -0.05) is 0 Å². The molecule has 5 heteroatoms. The molecule has 0 aromatic carbocycles. The van der Waals surface area contributed by atoms with Crippen LogP contribution in [-0.4, -0.2) is 17.6 Å². The van der Waals surface area contributed by atoms with E-state index in [0.29, 0.717) is 6.08 Å². The lowest BCUT2D eigenvalue weighted by Crippen LogP contribution is -2.19. The van der Waals surface area contributed by atoms with Gasteiger partial charge in [0.05, 0.1) is 0 Å². The molecule has 0 fully saturated rings. The summed E-state index contributed by atoms with van der Waals surface area (Å²) in [6, 6.07) is 0. The number of hydrogen-bond acceptors (Lipinski definition) is 2. The van der Waals surface area contributed by atoms with Crippen molar-refractivity contribution in [3.05, 3.63) is 12.2 Å². The topological polar surface area (TPSA) is 47.7 Å². The Morgan fingerprint density at radius 2 is 1.64 bits per heavy atom. The van der Waals surface area contributed by atoms with E-state index >= 15 is 0 Å². The molecule has 62 valence electrons. The largest absolute Gasteiger partial charge is 0.432 e. The van der Waals surface area contributed by atoms with Gasteiger partial charge < -0.3 is 5.41 Å². The van der Waals surface area contributed by atoms with Gasteiger partial charge in [-0.3, -0.25) is 5.41 Å². The summed E-state index contributed by atoms with van der Waals surface area (Å²) < 4.78 is 34.7. The Labute approximate surface area is 61.7 Å². The number of alkyl halides is 3. The first-order valence-electron chi connectivity index (χ1n) is 2.73. The predicted molar refractivity (Wildman–Crippen MR) is 36.3 cm³/mol. The normalized spacial score (nSPS) is 12.0. The standard InChI is InChI=1S/C6H7F3N2/c1-4(10)2-3-5(11)6(7,8)9/h2-3,10-11H,1H3/b3-2-,10-4?,11-5?. The van der Waals surface area contributed by atoms with Crippen LogP contribution in [-0.2, 0) is 0 Å². The Balaban J connectivity index is 4.20. The Morgan fingerprint density at radius 3 is 1.91 bits per heavy atom. The van der Waals surface area contributed by atoms with Crippen LogP contribution < -0.4 is 0 Å². The lowest BCUT2D eigenvalue weighted by Gasteiger charge is -2.01. The van der Waals surface area contributed by atoms with Crippen LogP contribution >= 0.6 is 0 Å². The minimum atomic E-state index is -4.61. The van der Waals surface area contributed by atoms with Crippen LogP contribution in [0.2, 0.25) is 0 Å². The molecular weight excluding hydrogens is 157 g/mol. The number of halogens is 3. The van der Waals surface area contributed by atoms with Crippen molar-refractivity contribution < 1.29 is 13.2 Å². The lowest BCUT2D eigenvalue weighted by molar-refractivity contribution is -0.0583. The summed E-state index contributed by atoms with van der Waals surface area (Å²) in [6.45, 7) is 1.33. The molecule has 0 aliphatic heterocycles. The van der Waals surface area contributed by atoms with Crippen LogP contribution in [0.5, 0.6) is 0 Å². The molecule has 0 saturated heterocycles. The van der Waals surface area contributed by atoms with Crippen molar-refractivity contribution in [2.24, 2.45) is 0 Å². The zero-order chi connectivity index (χ0) is 9.07. The first-order valence-corrected chi connectivity index (χ1v) is 2.73. The van der Waals surface area contributed by atoms with Crippen molar-refractivity contribution in [2.45, 2.75) is 13.1 Å². The maximum absolute atomic E-state index is 11.6. The van der Waals surface area contributed by atoms with Crippen LogP contribution in [0.4, 0.5) is 13.2 Å². The molecule has 0 aromatic heterocycles. The summed E-state index contributed by atoms with van der Waals surface area (Å²) in [6.07, 6.45) is -3.12. The summed E-state index contributed by atoms with van der Waals surface area (Å²) in [7, 11) is 0. The van der Waals surface area contributed by atoms with Crippen molar-refractivity contribution in [3.8, 4) is 0 Å². The first-order chi connectivity index (χ1) is 4.84. The van der Waals surface area contributed by atoms with Gasteiger partial charge in [0.25, 0.3) is 0 Å². The Bertz CT molecular complexity index is 202. The fraction of sp³-hybridized carbons (Fsp3) is 0.333. The van der Waals surface area contributed by atoms with E-state index in [0.717, 1.165) is 6.08 Å². The Hall–Kier alpha value is -1.13. The molecule has 0 bridgehead atoms. The monoisotopic (exact) mass is 164 g/mol. The van der Waals surface area contributed by atoms with Gasteiger partial charge in [-0.15, -0.1) is 0 Å². The van der Waals surface area contributed by atoms with Crippen LogP contribution in [0.3, 0.4) is 0 Å². The maximum atomic E-state index is 11.6. The molecule has 2 nitrogen and oxygen atoms in total. The van der Waals surface area contributed by atoms with E-state index in [1.54, 1.807) is 0 Å². The summed E-state index contributed by atoms with van der Waals surface area (Å²) in [4.78, 5) is 0. The number of allylic oxidation sites excluding steroid dienone is 2. The molecule has 0 rings (SSSR count). The molecule has 0 heterocycles. The van der Waals surface area contributed by atoms with Crippen LogP contribution in [0.1, 0.15) is 6.92 Å². The van der Waals surface area contributed by atoms with E-state index in [4.69, 9.17) is 10.8 Å². The van der Waals surface area contributed by atoms with Crippen molar-refractivity contribution in [2.75, 3.05) is 0 Å². The minimum Gasteiger partial charge on any atom is -0.306 e. The van der Waals surface area contributed by atoms with Gasteiger partial charge >= 0.3 is 6.18 Å². The highest BCUT2D eigenvalue weighted by molar-refractivity contribution is 6.02. The molecule has 0 atom stereocenters. The average molecular weight is 164 g/mol. The average Bonchev–Trinajstić information content (AvgIpc) is 1.80. The summed E-state index contributed by atoms with van der Waals surface area (Å²) in [5, 5.41) is 13.2. The lowest BCUT2D eigenvalue weighted by atomic mass is 10.3. The zero-order valence-electron chi connectivity index (χ0n) is 5.79. The summed E-state index contributed by atoms with van der Waals surface area (Å²) in [5.74, 6) is 0. The smallest absolute Gasteiger partial charge is 0.306 e. The third kappa shape index (κ3) is 4.30. The van der Waals surface area contributed by atoms with E-state index in [9.17, 15) is 13.2 Å². The number of hydrogen-bond donors (Lipinski definition) is 2.